The Balaban J connectivity index is 1.01. The molecule has 0 fully saturated rings. The van der Waals surface area contributed by atoms with Crippen LogP contribution in [0.2, 0.25) is 0 Å². The number of nitrogens with zero attached hydrogens (tertiary/aromatic N) is 4. The van der Waals surface area contributed by atoms with Gasteiger partial charge in [0.05, 0.1) is 0 Å². The second-order valence-electron chi connectivity index (χ2n) is 13.8. The maximum absolute atomic E-state index is 6.25. The van der Waals surface area contributed by atoms with Gasteiger partial charge in [0.25, 0.3) is 0 Å². The fourth-order valence-electron chi connectivity index (χ4n) is 7.85. The first-order valence-electron chi connectivity index (χ1n) is 18.0. The zero-order chi connectivity index (χ0) is 34.9. The monoisotopic (exact) mass is 678 g/mol. The molecule has 248 valence electrons. The van der Waals surface area contributed by atoms with Gasteiger partial charge < -0.3 is 4.42 Å². The summed E-state index contributed by atoms with van der Waals surface area (Å²) in [5.41, 5.74) is 9.53. The molecule has 1 aliphatic carbocycles. The molecule has 10 aromatic rings. The lowest BCUT2D eigenvalue weighted by Crippen LogP contribution is -2.01. The molecule has 5 nitrogen and oxygen atoms in total. The molecule has 5 heteroatoms. The van der Waals surface area contributed by atoms with Gasteiger partial charge >= 0.3 is 0 Å². The van der Waals surface area contributed by atoms with Crippen molar-refractivity contribution >= 4 is 60.3 Å². The first-order valence-corrected chi connectivity index (χ1v) is 18.0. The predicted octanol–water partition coefficient (Wildman–Crippen LogP) is 12.3. The van der Waals surface area contributed by atoms with Gasteiger partial charge in [-0.2, -0.15) is 0 Å². The van der Waals surface area contributed by atoms with Crippen LogP contribution >= 0.6 is 0 Å². The van der Waals surface area contributed by atoms with E-state index in [2.05, 4.69) is 145 Å². The standard InChI is InChI=1S/C48H30N4O/c1-3-7-31-24-37(14-9-29(31)5-1)46-50-47(38-15-10-30-6-2-4-8-32(30)25-38)52-48(51-46)39-16-13-33-23-34(11-12-35(33)26-39)36-17-19-43-42(27-36)45-41-21-22-49-28-40(41)18-20-44(45)53-43/h1,3-5,7-28H,2,6H2. The van der Waals surface area contributed by atoms with Crippen LogP contribution in [0.4, 0.5) is 0 Å². The third kappa shape index (κ3) is 5.08. The molecule has 0 spiro atoms. The van der Waals surface area contributed by atoms with Gasteiger partial charge in [-0.25, -0.2) is 15.0 Å². The fourth-order valence-corrected chi connectivity index (χ4v) is 7.85. The molecule has 0 bridgehead atoms. The summed E-state index contributed by atoms with van der Waals surface area (Å²) in [7, 11) is 0. The number of furan rings is 1. The summed E-state index contributed by atoms with van der Waals surface area (Å²) in [6, 6.07) is 47.1. The second kappa shape index (κ2) is 11.8. The summed E-state index contributed by atoms with van der Waals surface area (Å²) in [5, 5.41) is 9.08. The van der Waals surface area contributed by atoms with Crippen molar-refractivity contribution < 1.29 is 4.42 Å². The van der Waals surface area contributed by atoms with E-state index in [0.29, 0.717) is 17.5 Å². The van der Waals surface area contributed by atoms with Gasteiger partial charge in [0.15, 0.2) is 17.5 Å². The highest BCUT2D eigenvalue weighted by Crippen LogP contribution is 2.38. The Hall–Kier alpha value is -6.98. The molecule has 0 N–H and O–H groups in total. The van der Waals surface area contributed by atoms with E-state index < -0.39 is 0 Å². The molecule has 0 saturated heterocycles. The van der Waals surface area contributed by atoms with Crippen LogP contribution in [0.5, 0.6) is 0 Å². The minimum absolute atomic E-state index is 0.650. The highest BCUT2D eigenvalue weighted by Gasteiger charge is 2.16. The Morgan fingerprint density at radius 3 is 1.89 bits per heavy atom. The Labute approximate surface area is 305 Å². The predicted molar refractivity (Wildman–Crippen MR) is 217 cm³/mol. The van der Waals surface area contributed by atoms with Gasteiger partial charge in [0, 0.05) is 45.2 Å². The van der Waals surface area contributed by atoms with Gasteiger partial charge in [-0.3, -0.25) is 4.98 Å². The summed E-state index contributed by atoms with van der Waals surface area (Å²) in [6.45, 7) is 0. The van der Waals surface area contributed by atoms with E-state index in [1.165, 1.54) is 16.5 Å². The minimum atomic E-state index is 0.650. The topological polar surface area (TPSA) is 64.7 Å². The second-order valence-corrected chi connectivity index (χ2v) is 13.8. The van der Waals surface area contributed by atoms with Crippen LogP contribution in [0.15, 0.2) is 156 Å². The van der Waals surface area contributed by atoms with Gasteiger partial charge in [-0.1, -0.05) is 91.0 Å². The van der Waals surface area contributed by atoms with Crippen LogP contribution in [-0.4, -0.2) is 19.9 Å². The number of rotatable bonds is 4. The molecule has 0 saturated carbocycles. The van der Waals surface area contributed by atoms with E-state index in [-0.39, 0.29) is 0 Å². The maximum Gasteiger partial charge on any atom is 0.164 e. The SMILES string of the molecule is C1=Cc2cc(-c3nc(-c4ccc5ccccc5c4)nc(-c4ccc5cc(-c6ccc7oc8ccc9cnccc9c8c7c6)ccc5c4)n3)ccc2CC1. The Kier molecular flexibility index (Phi) is 6.61. The number of benzene rings is 7. The molecule has 0 amide bonds. The van der Waals surface area contributed by atoms with Crippen LogP contribution in [0.25, 0.3) is 106 Å². The third-order valence-corrected chi connectivity index (χ3v) is 10.6. The third-order valence-electron chi connectivity index (χ3n) is 10.6. The Bertz CT molecular complexity index is 3140. The van der Waals surface area contributed by atoms with Gasteiger partial charge in [-0.15, -0.1) is 0 Å². The normalized spacial score (nSPS) is 12.7. The van der Waals surface area contributed by atoms with Crippen molar-refractivity contribution in [2.75, 3.05) is 0 Å². The molecule has 7 aromatic carbocycles. The summed E-state index contributed by atoms with van der Waals surface area (Å²) in [6.07, 6.45) is 10.3. The highest BCUT2D eigenvalue weighted by molar-refractivity contribution is 6.19. The van der Waals surface area contributed by atoms with Crippen molar-refractivity contribution in [2.24, 2.45) is 0 Å². The van der Waals surface area contributed by atoms with E-state index in [1.807, 2.05) is 18.5 Å². The van der Waals surface area contributed by atoms with Crippen LogP contribution in [0.3, 0.4) is 0 Å². The highest BCUT2D eigenvalue weighted by atomic mass is 16.3. The number of fused-ring (bicyclic) bond motifs is 8. The smallest absolute Gasteiger partial charge is 0.164 e. The molecule has 3 aromatic heterocycles. The first kappa shape index (κ1) is 29.7. The molecular weight excluding hydrogens is 649 g/mol. The summed E-state index contributed by atoms with van der Waals surface area (Å²) in [4.78, 5) is 19.6. The number of pyridine rings is 1. The Morgan fingerprint density at radius 1 is 0.472 bits per heavy atom. The molecule has 0 radical (unpaired) electrons. The summed E-state index contributed by atoms with van der Waals surface area (Å²) < 4.78 is 6.25. The van der Waals surface area contributed by atoms with Gasteiger partial charge in [0.2, 0.25) is 0 Å². The number of aryl methyl sites for hydroxylation is 1. The lowest BCUT2D eigenvalue weighted by atomic mass is 9.95. The van der Waals surface area contributed by atoms with E-state index in [0.717, 1.165) is 89.5 Å². The number of hydrogen-bond acceptors (Lipinski definition) is 5. The summed E-state index contributed by atoms with van der Waals surface area (Å²) in [5.74, 6) is 1.98. The van der Waals surface area contributed by atoms with Crippen molar-refractivity contribution in [2.45, 2.75) is 12.8 Å². The van der Waals surface area contributed by atoms with Crippen molar-refractivity contribution in [1.82, 2.24) is 19.9 Å². The first-order chi connectivity index (χ1) is 26.2. The molecule has 1 aliphatic rings. The van der Waals surface area contributed by atoms with Crippen molar-refractivity contribution in [3.8, 4) is 45.3 Å². The van der Waals surface area contributed by atoms with Crippen LogP contribution in [0, 0.1) is 0 Å². The van der Waals surface area contributed by atoms with Crippen LogP contribution in [-0.2, 0) is 6.42 Å². The largest absolute Gasteiger partial charge is 0.456 e. The van der Waals surface area contributed by atoms with E-state index >= 15 is 0 Å². The minimum Gasteiger partial charge on any atom is -0.456 e. The number of aromatic nitrogens is 4. The van der Waals surface area contributed by atoms with E-state index in [4.69, 9.17) is 19.4 Å². The summed E-state index contributed by atoms with van der Waals surface area (Å²) >= 11 is 0. The number of hydrogen-bond donors (Lipinski definition) is 0. The molecule has 0 atom stereocenters. The van der Waals surface area contributed by atoms with Gasteiger partial charge in [-0.05, 0) is 117 Å². The van der Waals surface area contributed by atoms with E-state index in [9.17, 15) is 0 Å². The number of allylic oxidation sites excluding steroid dienone is 1. The van der Waals surface area contributed by atoms with Crippen LogP contribution in [0.1, 0.15) is 17.5 Å². The average molecular weight is 679 g/mol. The van der Waals surface area contributed by atoms with Crippen molar-refractivity contribution in [3.05, 3.63) is 163 Å². The lowest BCUT2D eigenvalue weighted by Gasteiger charge is -2.13. The zero-order valence-electron chi connectivity index (χ0n) is 28.6. The molecule has 3 heterocycles. The molecular formula is C48H30N4O. The lowest BCUT2D eigenvalue weighted by molar-refractivity contribution is 0.669. The maximum atomic E-state index is 6.25. The molecule has 0 unspecified atom stereocenters. The van der Waals surface area contributed by atoms with Crippen molar-refractivity contribution in [1.29, 1.82) is 0 Å². The quantitative estimate of drug-likeness (QED) is 0.185. The Morgan fingerprint density at radius 2 is 1.08 bits per heavy atom. The van der Waals surface area contributed by atoms with E-state index in [1.54, 1.807) is 0 Å². The molecule has 0 aliphatic heterocycles. The molecule has 11 rings (SSSR count). The fraction of sp³-hybridized carbons (Fsp3) is 0.0417. The van der Waals surface area contributed by atoms with Crippen molar-refractivity contribution in [3.63, 3.8) is 0 Å². The zero-order valence-corrected chi connectivity index (χ0v) is 28.6. The van der Waals surface area contributed by atoms with Gasteiger partial charge in [0.1, 0.15) is 11.2 Å². The van der Waals surface area contributed by atoms with Crippen LogP contribution < -0.4 is 0 Å². The molecule has 53 heavy (non-hydrogen) atoms. The average Bonchev–Trinajstić information content (AvgIpc) is 3.61.